The van der Waals surface area contributed by atoms with Gasteiger partial charge in [0.2, 0.25) is 5.95 Å². The summed E-state index contributed by atoms with van der Waals surface area (Å²) in [6, 6.07) is 13.7. The van der Waals surface area contributed by atoms with E-state index in [2.05, 4.69) is 44.7 Å². The topological polar surface area (TPSA) is 95.4 Å². The SMILES string of the molecule is COc1cc2c(cc1Nc1ncc3ccc(Nc4cc(CO)ccn4)cc3n1)CN(C)CC2. The van der Waals surface area contributed by atoms with Gasteiger partial charge in [0.25, 0.3) is 0 Å². The van der Waals surface area contributed by atoms with Crippen molar-refractivity contribution < 1.29 is 9.84 Å². The molecule has 0 atom stereocenters. The van der Waals surface area contributed by atoms with Crippen LogP contribution in [-0.4, -0.2) is 45.7 Å². The van der Waals surface area contributed by atoms with Crippen molar-refractivity contribution >= 4 is 34.0 Å². The van der Waals surface area contributed by atoms with Gasteiger partial charge in [-0.2, -0.15) is 0 Å². The molecule has 8 nitrogen and oxygen atoms in total. The second kappa shape index (κ2) is 9.01. The third kappa shape index (κ3) is 4.57. The van der Waals surface area contributed by atoms with Gasteiger partial charge in [0.05, 0.1) is 24.9 Å². The molecule has 1 aliphatic heterocycles. The summed E-state index contributed by atoms with van der Waals surface area (Å²) in [5, 5.41) is 16.9. The number of aliphatic hydroxyl groups excluding tert-OH is 1. The van der Waals surface area contributed by atoms with Crippen molar-refractivity contribution in [3.63, 3.8) is 0 Å². The summed E-state index contributed by atoms with van der Waals surface area (Å²) < 4.78 is 5.64. The number of rotatable bonds is 6. The number of fused-ring (bicyclic) bond motifs is 2. The number of pyridine rings is 1. The second-order valence-electron chi connectivity index (χ2n) is 8.23. The molecular formula is C25H26N6O2. The molecule has 0 saturated carbocycles. The Balaban J connectivity index is 1.43. The van der Waals surface area contributed by atoms with Crippen molar-refractivity contribution in [1.29, 1.82) is 0 Å². The van der Waals surface area contributed by atoms with Crippen LogP contribution in [0, 0.1) is 0 Å². The third-order valence-electron chi connectivity index (χ3n) is 5.83. The lowest BCUT2D eigenvalue weighted by atomic mass is 9.99. The predicted octanol–water partition coefficient (Wildman–Crippen LogP) is 4.00. The third-order valence-corrected chi connectivity index (χ3v) is 5.83. The van der Waals surface area contributed by atoms with E-state index in [0.717, 1.165) is 53.1 Å². The van der Waals surface area contributed by atoms with E-state index in [-0.39, 0.29) is 6.61 Å². The van der Waals surface area contributed by atoms with E-state index in [1.807, 2.05) is 24.3 Å². The molecule has 1 aliphatic rings. The fraction of sp³-hybridized carbons (Fsp3) is 0.240. The fourth-order valence-electron chi connectivity index (χ4n) is 4.07. The molecule has 0 unspecified atom stereocenters. The van der Waals surface area contributed by atoms with Gasteiger partial charge in [-0.15, -0.1) is 0 Å². The van der Waals surface area contributed by atoms with Crippen molar-refractivity contribution in [2.45, 2.75) is 19.6 Å². The van der Waals surface area contributed by atoms with Crippen LogP contribution in [0.15, 0.2) is 54.9 Å². The summed E-state index contributed by atoms with van der Waals surface area (Å²) in [4.78, 5) is 15.8. The lowest BCUT2D eigenvalue weighted by Gasteiger charge is -2.26. The molecule has 0 saturated heterocycles. The molecule has 2 aromatic heterocycles. The van der Waals surface area contributed by atoms with Crippen LogP contribution >= 0.6 is 0 Å². The molecule has 33 heavy (non-hydrogen) atoms. The van der Waals surface area contributed by atoms with Crippen LogP contribution in [0.3, 0.4) is 0 Å². The summed E-state index contributed by atoms with van der Waals surface area (Å²) in [6.45, 7) is 1.93. The number of ether oxygens (including phenoxy) is 1. The van der Waals surface area contributed by atoms with Crippen molar-refractivity contribution in [1.82, 2.24) is 19.9 Å². The maximum atomic E-state index is 9.35. The highest BCUT2D eigenvalue weighted by Crippen LogP contribution is 2.33. The number of nitrogens with zero attached hydrogens (tertiary/aromatic N) is 4. The average Bonchev–Trinajstić information content (AvgIpc) is 2.83. The Kier molecular flexibility index (Phi) is 5.77. The van der Waals surface area contributed by atoms with E-state index in [4.69, 9.17) is 9.72 Å². The summed E-state index contributed by atoms with van der Waals surface area (Å²) >= 11 is 0. The molecule has 0 aliphatic carbocycles. The molecule has 0 radical (unpaired) electrons. The molecule has 3 heterocycles. The first-order chi connectivity index (χ1) is 16.1. The lowest BCUT2D eigenvalue weighted by molar-refractivity contribution is 0.282. The van der Waals surface area contributed by atoms with Crippen LogP contribution in [0.5, 0.6) is 5.75 Å². The van der Waals surface area contributed by atoms with Gasteiger partial charge in [0.1, 0.15) is 11.6 Å². The zero-order valence-electron chi connectivity index (χ0n) is 18.7. The van der Waals surface area contributed by atoms with Crippen LogP contribution in [-0.2, 0) is 19.6 Å². The van der Waals surface area contributed by atoms with Gasteiger partial charge in [-0.3, -0.25) is 0 Å². The van der Waals surface area contributed by atoms with E-state index < -0.39 is 0 Å². The van der Waals surface area contributed by atoms with E-state index in [1.54, 1.807) is 25.6 Å². The van der Waals surface area contributed by atoms with Crippen molar-refractivity contribution in [3.8, 4) is 5.75 Å². The molecule has 4 aromatic rings. The summed E-state index contributed by atoms with van der Waals surface area (Å²) in [6.07, 6.45) is 4.49. The first kappa shape index (κ1) is 21.1. The molecule has 0 bridgehead atoms. The number of likely N-dealkylation sites (N-methyl/N-ethyl adjacent to an activating group) is 1. The molecular weight excluding hydrogens is 416 g/mol. The van der Waals surface area contributed by atoms with E-state index in [1.165, 1.54) is 11.1 Å². The number of benzene rings is 2. The van der Waals surface area contributed by atoms with E-state index >= 15 is 0 Å². The minimum Gasteiger partial charge on any atom is -0.495 e. The number of nitrogens with one attached hydrogen (secondary N) is 2. The van der Waals surface area contributed by atoms with Gasteiger partial charge >= 0.3 is 0 Å². The standard InChI is InChI=1S/C25H26N6O2/c1-31-8-6-17-11-23(33-2)22(10-19(17)14-31)30-25-27-13-18-3-4-20(12-21(18)29-25)28-24-9-16(15-32)5-7-26-24/h3-5,7,9-13,32H,6,8,14-15H2,1-2H3,(H,26,28)(H,27,29,30). The largest absolute Gasteiger partial charge is 0.495 e. The van der Waals surface area contributed by atoms with Crippen molar-refractivity contribution in [2.24, 2.45) is 0 Å². The molecule has 3 N–H and O–H groups in total. The van der Waals surface area contributed by atoms with Crippen molar-refractivity contribution in [2.75, 3.05) is 31.3 Å². The average molecular weight is 443 g/mol. The van der Waals surface area contributed by atoms with Gasteiger partial charge in [-0.25, -0.2) is 15.0 Å². The Morgan fingerprint density at radius 3 is 2.82 bits per heavy atom. The van der Waals surface area contributed by atoms with E-state index in [0.29, 0.717) is 11.8 Å². The highest BCUT2D eigenvalue weighted by atomic mass is 16.5. The molecule has 5 rings (SSSR count). The first-order valence-electron chi connectivity index (χ1n) is 10.9. The highest BCUT2D eigenvalue weighted by Gasteiger charge is 2.17. The highest BCUT2D eigenvalue weighted by molar-refractivity contribution is 5.83. The van der Waals surface area contributed by atoms with Crippen LogP contribution < -0.4 is 15.4 Å². The molecule has 0 fully saturated rings. The van der Waals surface area contributed by atoms with Crippen LogP contribution in [0.2, 0.25) is 0 Å². The van der Waals surface area contributed by atoms with Gasteiger partial charge in [0.15, 0.2) is 0 Å². The Bertz CT molecular complexity index is 1310. The molecule has 8 heteroatoms. The number of aromatic nitrogens is 3. The maximum Gasteiger partial charge on any atom is 0.227 e. The number of anilines is 4. The fourth-order valence-corrected chi connectivity index (χ4v) is 4.07. The minimum atomic E-state index is -0.0282. The Hall–Kier alpha value is -3.75. The Morgan fingerprint density at radius 1 is 1.06 bits per heavy atom. The zero-order valence-corrected chi connectivity index (χ0v) is 18.7. The van der Waals surface area contributed by atoms with E-state index in [9.17, 15) is 5.11 Å². The number of methoxy groups -OCH3 is 1. The monoisotopic (exact) mass is 442 g/mol. The molecule has 2 aromatic carbocycles. The maximum absolute atomic E-state index is 9.35. The van der Waals surface area contributed by atoms with Crippen LogP contribution in [0.1, 0.15) is 16.7 Å². The van der Waals surface area contributed by atoms with Gasteiger partial charge in [-0.1, -0.05) is 0 Å². The lowest BCUT2D eigenvalue weighted by Crippen LogP contribution is -2.26. The number of aliphatic hydroxyl groups is 1. The first-order valence-corrected chi connectivity index (χ1v) is 10.9. The van der Waals surface area contributed by atoms with Gasteiger partial charge in [0, 0.05) is 36.6 Å². The second-order valence-corrected chi connectivity index (χ2v) is 8.23. The zero-order chi connectivity index (χ0) is 22.8. The number of hydrogen-bond acceptors (Lipinski definition) is 8. The van der Waals surface area contributed by atoms with Crippen molar-refractivity contribution in [3.05, 3.63) is 71.5 Å². The molecule has 168 valence electrons. The van der Waals surface area contributed by atoms with Crippen LogP contribution in [0.4, 0.5) is 23.1 Å². The normalized spacial score (nSPS) is 13.5. The summed E-state index contributed by atoms with van der Waals surface area (Å²) in [7, 11) is 3.81. The summed E-state index contributed by atoms with van der Waals surface area (Å²) in [5.41, 5.74) is 5.91. The Labute approximate surface area is 192 Å². The summed E-state index contributed by atoms with van der Waals surface area (Å²) in [5.74, 6) is 1.95. The molecule has 0 spiro atoms. The minimum absolute atomic E-state index is 0.0282. The van der Waals surface area contributed by atoms with Gasteiger partial charge in [-0.05, 0) is 72.6 Å². The molecule has 0 amide bonds. The van der Waals surface area contributed by atoms with Crippen LogP contribution in [0.25, 0.3) is 10.9 Å². The van der Waals surface area contributed by atoms with Gasteiger partial charge < -0.3 is 25.4 Å². The predicted molar refractivity (Wildman–Crippen MR) is 129 cm³/mol. The quantitative estimate of drug-likeness (QED) is 0.412. The Morgan fingerprint density at radius 2 is 1.97 bits per heavy atom. The smallest absolute Gasteiger partial charge is 0.227 e. The number of hydrogen-bond donors (Lipinski definition) is 3.